The lowest BCUT2D eigenvalue weighted by Gasteiger charge is -2.32. The molecule has 0 unspecified atom stereocenters. The van der Waals surface area contributed by atoms with Crippen molar-refractivity contribution in [3.05, 3.63) is 0 Å². The lowest BCUT2D eigenvalue weighted by molar-refractivity contribution is -0.143. The maximum absolute atomic E-state index is 11.1. The van der Waals surface area contributed by atoms with Crippen molar-refractivity contribution < 1.29 is 14.7 Å². The van der Waals surface area contributed by atoms with Gasteiger partial charge in [-0.25, -0.2) is 0 Å². The Labute approximate surface area is 83.9 Å². The Balaban J connectivity index is 2.43. The Morgan fingerprint density at radius 1 is 1.21 bits per heavy atom. The summed E-state index contributed by atoms with van der Waals surface area (Å²) in [6.45, 7) is 1.54. The van der Waals surface area contributed by atoms with Gasteiger partial charge in [0.15, 0.2) is 0 Å². The number of hydrogen-bond donors (Lipinski definition) is 1. The van der Waals surface area contributed by atoms with E-state index in [1.807, 2.05) is 0 Å². The van der Waals surface area contributed by atoms with Crippen molar-refractivity contribution in [3.8, 4) is 0 Å². The zero-order valence-corrected chi connectivity index (χ0v) is 8.69. The number of carboxylic acids is 1. The summed E-state index contributed by atoms with van der Waals surface area (Å²) >= 11 is 0. The highest BCUT2D eigenvalue weighted by Crippen LogP contribution is 2.27. The van der Waals surface area contributed by atoms with Crippen molar-refractivity contribution in [2.24, 2.45) is 5.92 Å². The summed E-state index contributed by atoms with van der Waals surface area (Å²) in [6, 6.07) is 0.239. The van der Waals surface area contributed by atoms with Gasteiger partial charge >= 0.3 is 5.97 Å². The average Bonchev–Trinajstić information content (AvgIpc) is 2.16. The number of rotatable bonds is 2. The Bertz CT molecular complexity index is 232. The molecule has 4 heteroatoms. The quantitative estimate of drug-likeness (QED) is 0.724. The molecule has 1 fully saturated rings. The summed E-state index contributed by atoms with van der Waals surface area (Å²) in [7, 11) is 1.79. The van der Waals surface area contributed by atoms with Gasteiger partial charge in [0.1, 0.15) is 0 Å². The van der Waals surface area contributed by atoms with E-state index < -0.39 is 5.97 Å². The molecule has 80 valence electrons. The Morgan fingerprint density at radius 2 is 1.71 bits per heavy atom. The molecule has 0 aromatic rings. The van der Waals surface area contributed by atoms with Gasteiger partial charge < -0.3 is 10.0 Å². The molecular weight excluding hydrogens is 182 g/mol. The smallest absolute Gasteiger partial charge is 0.306 e. The highest BCUT2D eigenvalue weighted by molar-refractivity contribution is 5.73. The maximum atomic E-state index is 11.1. The summed E-state index contributed by atoms with van der Waals surface area (Å²) in [5.74, 6) is -0.843. The molecule has 14 heavy (non-hydrogen) atoms. The van der Waals surface area contributed by atoms with Crippen LogP contribution in [-0.2, 0) is 9.59 Å². The summed E-state index contributed by atoms with van der Waals surface area (Å²) in [6.07, 6.45) is 3.01. The Morgan fingerprint density at radius 3 is 2.07 bits per heavy atom. The molecule has 0 aromatic heterocycles. The molecule has 0 spiro atoms. The number of nitrogens with zero attached hydrogens (tertiary/aromatic N) is 1. The van der Waals surface area contributed by atoms with E-state index in [0.29, 0.717) is 12.8 Å². The molecule has 1 aliphatic rings. The third-order valence-corrected chi connectivity index (χ3v) is 3.09. The number of hydrogen-bond acceptors (Lipinski definition) is 2. The zero-order valence-electron chi connectivity index (χ0n) is 8.69. The molecule has 0 saturated heterocycles. The minimum atomic E-state index is -0.700. The molecule has 0 aliphatic heterocycles. The van der Waals surface area contributed by atoms with Gasteiger partial charge in [0.25, 0.3) is 0 Å². The molecule has 1 aliphatic carbocycles. The first-order valence-corrected chi connectivity index (χ1v) is 4.98. The molecule has 1 saturated carbocycles. The predicted octanol–water partition coefficient (Wildman–Crippen LogP) is 1.11. The van der Waals surface area contributed by atoms with Crippen LogP contribution in [0.4, 0.5) is 0 Å². The maximum Gasteiger partial charge on any atom is 0.306 e. The van der Waals surface area contributed by atoms with Crippen LogP contribution in [0.25, 0.3) is 0 Å². The summed E-state index contributed by atoms with van der Waals surface area (Å²) in [5, 5.41) is 8.79. The third-order valence-electron chi connectivity index (χ3n) is 3.09. The van der Waals surface area contributed by atoms with E-state index >= 15 is 0 Å². The molecule has 1 rings (SSSR count). The van der Waals surface area contributed by atoms with Gasteiger partial charge in [-0.05, 0) is 25.7 Å². The van der Waals surface area contributed by atoms with Crippen LogP contribution in [0.1, 0.15) is 32.6 Å². The van der Waals surface area contributed by atoms with Gasteiger partial charge in [-0.15, -0.1) is 0 Å². The summed E-state index contributed by atoms with van der Waals surface area (Å²) < 4.78 is 0. The number of amides is 1. The van der Waals surface area contributed by atoms with E-state index in [1.165, 1.54) is 0 Å². The van der Waals surface area contributed by atoms with Crippen LogP contribution in [-0.4, -0.2) is 35.0 Å². The van der Waals surface area contributed by atoms with Crippen LogP contribution in [0.2, 0.25) is 0 Å². The molecule has 4 nitrogen and oxygen atoms in total. The van der Waals surface area contributed by atoms with Crippen LogP contribution >= 0.6 is 0 Å². The second-order valence-corrected chi connectivity index (χ2v) is 3.97. The fourth-order valence-electron chi connectivity index (χ4n) is 1.97. The number of carboxylic acid groups (broad SMARTS) is 1. The van der Waals surface area contributed by atoms with E-state index in [0.717, 1.165) is 12.8 Å². The van der Waals surface area contributed by atoms with Gasteiger partial charge in [-0.2, -0.15) is 0 Å². The Kier molecular flexibility index (Phi) is 3.49. The molecule has 0 aromatic carbocycles. The van der Waals surface area contributed by atoms with Gasteiger partial charge in [0.2, 0.25) is 5.91 Å². The van der Waals surface area contributed by atoms with E-state index in [4.69, 9.17) is 5.11 Å². The van der Waals surface area contributed by atoms with Gasteiger partial charge in [-0.1, -0.05) is 0 Å². The second-order valence-electron chi connectivity index (χ2n) is 3.97. The van der Waals surface area contributed by atoms with Crippen LogP contribution in [0, 0.1) is 5.92 Å². The fraction of sp³-hybridized carbons (Fsp3) is 0.800. The highest BCUT2D eigenvalue weighted by atomic mass is 16.4. The van der Waals surface area contributed by atoms with Crippen molar-refractivity contribution in [1.82, 2.24) is 4.90 Å². The molecule has 0 bridgehead atoms. The minimum absolute atomic E-state index is 0.0591. The first kappa shape index (κ1) is 11.0. The van der Waals surface area contributed by atoms with E-state index in [1.54, 1.807) is 18.9 Å². The fourth-order valence-corrected chi connectivity index (χ4v) is 1.97. The standard InChI is InChI=1S/C10H17NO3/c1-7(12)11(2)9-5-3-8(4-6-9)10(13)14/h8-9H,3-6H2,1-2H3,(H,13,14)/t8-,9+. The Hall–Kier alpha value is -1.06. The number of carbonyl (C=O) groups excluding carboxylic acids is 1. The second kappa shape index (κ2) is 4.44. The topological polar surface area (TPSA) is 57.6 Å². The first-order valence-electron chi connectivity index (χ1n) is 4.98. The van der Waals surface area contributed by atoms with Gasteiger partial charge in [-0.3, -0.25) is 9.59 Å². The van der Waals surface area contributed by atoms with Crippen LogP contribution in [0.15, 0.2) is 0 Å². The molecule has 1 N–H and O–H groups in total. The minimum Gasteiger partial charge on any atom is -0.481 e. The molecule has 0 radical (unpaired) electrons. The number of aliphatic carboxylic acids is 1. The molecule has 1 amide bonds. The molecular formula is C10H17NO3. The summed E-state index contributed by atoms with van der Waals surface area (Å²) in [5.41, 5.74) is 0. The first-order chi connectivity index (χ1) is 6.52. The van der Waals surface area contributed by atoms with Crippen LogP contribution < -0.4 is 0 Å². The van der Waals surface area contributed by atoms with Crippen molar-refractivity contribution in [2.75, 3.05) is 7.05 Å². The lowest BCUT2D eigenvalue weighted by Crippen LogP contribution is -2.39. The van der Waals surface area contributed by atoms with E-state index in [9.17, 15) is 9.59 Å². The SMILES string of the molecule is CC(=O)N(C)[C@H]1CC[C@@H](C(=O)O)CC1. The third kappa shape index (κ3) is 2.47. The van der Waals surface area contributed by atoms with Crippen molar-refractivity contribution in [2.45, 2.75) is 38.6 Å². The van der Waals surface area contributed by atoms with E-state index in [2.05, 4.69) is 0 Å². The van der Waals surface area contributed by atoms with Crippen molar-refractivity contribution in [3.63, 3.8) is 0 Å². The zero-order chi connectivity index (χ0) is 10.7. The lowest BCUT2D eigenvalue weighted by atomic mass is 9.85. The molecule has 0 atom stereocenters. The largest absolute Gasteiger partial charge is 0.481 e. The molecule has 0 heterocycles. The van der Waals surface area contributed by atoms with Crippen LogP contribution in [0.3, 0.4) is 0 Å². The normalized spacial score (nSPS) is 27.0. The predicted molar refractivity (Wildman–Crippen MR) is 51.8 cm³/mol. The average molecular weight is 199 g/mol. The van der Waals surface area contributed by atoms with Gasteiger partial charge in [0.05, 0.1) is 5.92 Å². The van der Waals surface area contributed by atoms with Crippen molar-refractivity contribution in [1.29, 1.82) is 0 Å². The van der Waals surface area contributed by atoms with Crippen LogP contribution in [0.5, 0.6) is 0 Å². The van der Waals surface area contributed by atoms with Crippen molar-refractivity contribution >= 4 is 11.9 Å². The van der Waals surface area contributed by atoms with E-state index in [-0.39, 0.29) is 17.9 Å². The van der Waals surface area contributed by atoms with Gasteiger partial charge in [0, 0.05) is 20.0 Å². The summed E-state index contributed by atoms with van der Waals surface area (Å²) in [4.78, 5) is 23.5. The monoisotopic (exact) mass is 199 g/mol. The highest BCUT2D eigenvalue weighted by Gasteiger charge is 2.28. The number of carbonyl (C=O) groups is 2.